The molecular weight excluding hydrogens is 1100 g/mol. The molecule has 28 heteroatoms. The fourth-order valence-corrected chi connectivity index (χ4v) is 8.79. The second kappa shape index (κ2) is 21.3. The molecule has 0 atom stereocenters. The monoisotopic (exact) mass is 1130 g/mol. The Bertz CT molecular complexity index is 2580. The highest BCUT2D eigenvalue weighted by molar-refractivity contribution is 7.20. The number of halogens is 24. The summed E-state index contributed by atoms with van der Waals surface area (Å²) in [5.41, 5.74) is -28.9. The summed E-state index contributed by atoms with van der Waals surface area (Å²) in [5.74, 6) is 0.746. The lowest BCUT2D eigenvalue weighted by Crippen LogP contribution is -2.75. The Morgan fingerprint density at radius 3 is 0.961 bits per heavy atom. The van der Waals surface area contributed by atoms with Crippen LogP contribution >= 0.6 is 0 Å². The molecule has 0 unspecified atom stereocenters. The Hall–Kier alpha value is -6.64. The van der Waals surface area contributed by atoms with Gasteiger partial charge in [0.15, 0.2) is 12.7 Å². The van der Waals surface area contributed by atoms with Gasteiger partial charge in [-0.1, -0.05) is 85.3 Å². The molecule has 1 saturated carbocycles. The molecule has 0 amide bonds. The van der Waals surface area contributed by atoms with Gasteiger partial charge in [-0.05, 0) is 49.9 Å². The molecule has 3 nitrogen and oxygen atoms in total. The average molecular weight is 1130 g/mol. The number of hydrogen-bond donors (Lipinski definition) is 0. The van der Waals surface area contributed by atoms with E-state index in [0.717, 1.165) is 25.3 Å². The molecule has 0 aliphatic heterocycles. The van der Waals surface area contributed by atoms with E-state index in [-0.39, 0.29) is 0 Å². The number of benzene rings is 5. The highest BCUT2D eigenvalue weighted by atomic mass is 19.4. The SMILES string of the molecule is FC(F)(F)c1cc([B-](c2cc(C(F)(F)F)cc(C(F)(F)F)c2)(c2cc(C(F)(F)F)cc(C(F)(F)F)c2)c2cc(C(F)(F)F)cc(C(F)(F)F)c2)cc(C(F)(F)F)c1.c1ccc(C[n+]2ccnc(OC3CCCCC3)c2)cc1. The van der Waals surface area contributed by atoms with Gasteiger partial charge < -0.3 is 4.74 Å². The molecule has 0 N–H and O–H groups in total. The van der Waals surface area contributed by atoms with E-state index in [9.17, 15) is 105 Å². The molecule has 1 aliphatic rings. The summed E-state index contributed by atoms with van der Waals surface area (Å²) in [6.45, 7) is 0.852. The molecule has 416 valence electrons. The minimum atomic E-state index is -6.13. The Morgan fingerprint density at radius 1 is 0.403 bits per heavy atom. The van der Waals surface area contributed by atoms with Crippen molar-refractivity contribution < 1.29 is 115 Å². The van der Waals surface area contributed by atoms with Gasteiger partial charge in [-0.3, -0.25) is 0 Å². The van der Waals surface area contributed by atoms with Gasteiger partial charge in [-0.25, -0.2) is 4.98 Å². The van der Waals surface area contributed by atoms with Gasteiger partial charge in [-0.15, -0.1) is 0 Å². The van der Waals surface area contributed by atoms with Crippen molar-refractivity contribution in [3.05, 3.63) is 172 Å². The van der Waals surface area contributed by atoms with Gasteiger partial charge in [0, 0.05) is 5.56 Å². The summed E-state index contributed by atoms with van der Waals surface area (Å²) in [5, 5.41) is 0. The predicted octanol–water partition coefficient (Wildman–Crippen LogP) is 14.3. The van der Waals surface area contributed by atoms with Crippen LogP contribution in [0.25, 0.3) is 0 Å². The first-order valence-electron chi connectivity index (χ1n) is 22.1. The largest absolute Gasteiger partial charge is 0.470 e. The molecule has 0 bridgehead atoms. The maximum absolute atomic E-state index is 14.2. The number of hydrogen-bond acceptors (Lipinski definition) is 2. The van der Waals surface area contributed by atoms with Crippen molar-refractivity contribution in [3.8, 4) is 5.88 Å². The average Bonchev–Trinajstić information content (AvgIpc) is 3.30. The zero-order valence-corrected chi connectivity index (χ0v) is 38.3. The van der Waals surface area contributed by atoms with E-state index in [1.165, 1.54) is 24.8 Å². The van der Waals surface area contributed by atoms with Crippen molar-refractivity contribution in [2.75, 3.05) is 0 Å². The summed E-state index contributed by atoms with van der Waals surface area (Å²) in [7, 11) is 0. The lowest BCUT2D eigenvalue weighted by Gasteiger charge is -2.46. The molecule has 5 aromatic carbocycles. The van der Waals surface area contributed by atoms with Crippen molar-refractivity contribution in [1.29, 1.82) is 0 Å². The van der Waals surface area contributed by atoms with Crippen LogP contribution < -0.4 is 31.2 Å². The highest BCUT2D eigenvalue weighted by Crippen LogP contribution is 2.41. The molecule has 6 aromatic rings. The first kappa shape index (κ1) is 59.6. The molecule has 1 heterocycles. The normalized spacial score (nSPS) is 14.8. The topological polar surface area (TPSA) is 26.0 Å². The van der Waals surface area contributed by atoms with Crippen LogP contribution in [-0.2, 0) is 56.0 Å². The maximum Gasteiger partial charge on any atom is 0.416 e. The molecule has 0 radical (unpaired) electrons. The summed E-state index contributed by atoms with van der Waals surface area (Å²) in [4.78, 5) is 4.33. The van der Waals surface area contributed by atoms with Crippen molar-refractivity contribution >= 4 is 28.0 Å². The molecule has 0 saturated heterocycles. The zero-order chi connectivity index (χ0) is 57.5. The molecular formula is C49H33BF24N2O. The number of nitrogens with zero attached hydrogens (tertiary/aromatic N) is 2. The van der Waals surface area contributed by atoms with Crippen LogP contribution in [0.2, 0.25) is 0 Å². The van der Waals surface area contributed by atoms with Crippen molar-refractivity contribution in [2.24, 2.45) is 0 Å². The van der Waals surface area contributed by atoms with E-state index in [0.29, 0.717) is 6.10 Å². The molecule has 77 heavy (non-hydrogen) atoms. The van der Waals surface area contributed by atoms with Crippen LogP contribution in [0.5, 0.6) is 5.88 Å². The fourth-order valence-electron chi connectivity index (χ4n) is 8.79. The minimum Gasteiger partial charge on any atom is -0.470 e. The van der Waals surface area contributed by atoms with Crippen molar-refractivity contribution in [1.82, 2.24) is 4.98 Å². The first-order valence-corrected chi connectivity index (χ1v) is 22.1. The summed E-state index contributed by atoms with van der Waals surface area (Å²) in [6, 6.07) is 1.63. The maximum atomic E-state index is 14.2. The van der Waals surface area contributed by atoms with Crippen LogP contribution in [0, 0.1) is 0 Å². The smallest absolute Gasteiger partial charge is 0.416 e. The van der Waals surface area contributed by atoms with Gasteiger partial charge in [0.05, 0.1) is 50.7 Å². The van der Waals surface area contributed by atoms with Crippen LogP contribution in [0.4, 0.5) is 105 Å². The number of aromatic nitrogens is 2. The van der Waals surface area contributed by atoms with Gasteiger partial charge in [0.25, 0.3) is 5.88 Å². The lowest BCUT2D eigenvalue weighted by molar-refractivity contribution is -0.689. The Kier molecular flexibility index (Phi) is 16.5. The van der Waals surface area contributed by atoms with Gasteiger partial charge in [0.2, 0.25) is 6.20 Å². The minimum absolute atomic E-state index is 0.351. The van der Waals surface area contributed by atoms with Gasteiger partial charge >= 0.3 is 49.4 Å². The number of ether oxygens (including phenoxy) is 1. The first-order chi connectivity index (χ1) is 35.2. The quantitative estimate of drug-likeness (QED) is 0.0862. The van der Waals surface area contributed by atoms with Crippen LogP contribution in [0.15, 0.2) is 122 Å². The van der Waals surface area contributed by atoms with Crippen LogP contribution in [0.3, 0.4) is 0 Å². The zero-order valence-electron chi connectivity index (χ0n) is 38.3. The third-order valence-electron chi connectivity index (χ3n) is 12.2. The molecule has 1 aromatic heterocycles. The second-order valence-corrected chi connectivity index (χ2v) is 17.7. The Labute approximate surface area is 419 Å². The Balaban J connectivity index is 0.000000397. The molecule has 1 aliphatic carbocycles. The lowest BCUT2D eigenvalue weighted by atomic mass is 9.12. The highest BCUT2D eigenvalue weighted by Gasteiger charge is 2.47. The van der Waals surface area contributed by atoms with Crippen molar-refractivity contribution in [2.45, 2.75) is 94.2 Å². The third-order valence-corrected chi connectivity index (χ3v) is 12.2. The summed E-state index contributed by atoms with van der Waals surface area (Å²) < 4.78 is 349. The Morgan fingerprint density at radius 2 is 0.688 bits per heavy atom. The van der Waals surface area contributed by atoms with Crippen molar-refractivity contribution in [3.63, 3.8) is 0 Å². The van der Waals surface area contributed by atoms with Gasteiger partial charge in [0.1, 0.15) is 12.2 Å². The van der Waals surface area contributed by atoms with E-state index in [1.54, 1.807) is 0 Å². The second-order valence-electron chi connectivity index (χ2n) is 17.7. The van der Waals surface area contributed by atoms with Crippen LogP contribution in [0.1, 0.15) is 82.2 Å². The predicted molar refractivity (Wildman–Crippen MR) is 228 cm³/mol. The van der Waals surface area contributed by atoms with E-state index in [4.69, 9.17) is 4.74 Å². The van der Waals surface area contributed by atoms with Gasteiger partial charge in [-0.2, -0.15) is 132 Å². The molecule has 7 rings (SSSR count). The number of alkyl halides is 24. The standard InChI is InChI=1S/C32H12BF24.C17H21N2O/c34-25(35,36)13-1-14(26(37,38)39)6-21(5-13)33(22-7-15(27(40,41)42)2-16(8-22)28(43,44)45,23-9-17(29(46,47)48)3-18(10-23)30(49,50)51)24-11-19(31(52,53)54)4-20(12-24)32(55,56)57;1-3-7-15(8-4-1)13-19-12-11-18-17(14-19)20-16-9-5-2-6-10-16/h1-12H;1,3-4,7-8,11-12,14,16H,2,5-6,9-10,13H2/q-1;+1. The van der Waals surface area contributed by atoms with E-state index >= 15 is 0 Å². The van der Waals surface area contributed by atoms with E-state index in [2.05, 4.69) is 33.8 Å². The number of rotatable bonds is 8. The summed E-state index contributed by atoms with van der Waals surface area (Å²) in [6.07, 6.45) is -42.4. The molecule has 1 fully saturated rings. The van der Waals surface area contributed by atoms with E-state index in [1.807, 2.05) is 24.7 Å². The summed E-state index contributed by atoms with van der Waals surface area (Å²) >= 11 is 0. The fraction of sp³-hybridized carbons (Fsp3) is 0.306. The molecule has 0 spiro atoms. The third kappa shape index (κ3) is 14.5. The van der Waals surface area contributed by atoms with E-state index < -0.39 is 195 Å². The van der Waals surface area contributed by atoms with Crippen LogP contribution in [-0.4, -0.2) is 17.2 Å².